The average molecular weight is 245 g/mol. The Morgan fingerprint density at radius 2 is 2.06 bits per heavy atom. The molecule has 1 heterocycles. The SMILES string of the molecule is CC(=O)OCCc1nc(-c2ccccc2)oc1C. The summed E-state index contributed by atoms with van der Waals surface area (Å²) in [5.74, 6) is 1.09. The maximum atomic E-state index is 10.7. The van der Waals surface area contributed by atoms with Crippen molar-refractivity contribution in [3.05, 3.63) is 41.8 Å². The van der Waals surface area contributed by atoms with E-state index in [1.807, 2.05) is 37.3 Å². The van der Waals surface area contributed by atoms with Gasteiger partial charge >= 0.3 is 5.97 Å². The first-order chi connectivity index (χ1) is 8.66. The van der Waals surface area contributed by atoms with Crippen LogP contribution in [0.1, 0.15) is 18.4 Å². The lowest BCUT2D eigenvalue weighted by molar-refractivity contribution is -0.140. The Morgan fingerprint density at radius 3 is 2.72 bits per heavy atom. The molecule has 0 aliphatic heterocycles. The van der Waals surface area contributed by atoms with Crippen LogP contribution in [0.25, 0.3) is 11.5 Å². The van der Waals surface area contributed by atoms with Crippen molar-refractivity contribution in [1.29, 1.82) is 0 Å². The van der Waals surface area contributed by atoms with E-state index in [-0.39, 0.29) is 5.97 Å². The van der Waals surface area contributed by atoms with Crippen molar-refractivity contribution < 1.29 is 13.9 Å². The summed E-state index contributed by atoms with van der Waals surface area (Å²) in [6, 6.07) is 9.71. The Hall–Kier alpha value is -2.10. The van der Waals surface area contributed by atoms with Crippen LogP contribution in [0.4, 0.5) is 0 Å². The second-order valence-corrected chi connectivity index (χ2v) is 3.98. The van der Waals surface area contributed by atoms with Gasteiger partial charge in [-0.05, 0) is 19.1 Å². The van der Waals surface area contributed by atoms with E-state index in [2.05, 4.69) is 4.98 Å². The topological polar surface area (TPSA) is 52.3 Å². The minimum atomic E-state index is -0.278. The van der Waals surface area contributed by atoms with Gasteiger partial charge in [0.15, 0.2) is 0 Å². The van der Waals surface area contributed by atoms with Gasteiger partial charge in [-0.15, -0.1) is 0 Å². The summed E-state index contributed by atoms with van der Waals surface area (Å²) in [5, 5.41) is 0. The van der Waals surface area contributed by atoms with Crippen molar-refractivity contribution in [1.82, 2.24) is 4.98 Å². The highest BCUT2D eigenvalue weighted by molar-refractivity contribution is 5.65. The first kappa shape index (κ1) is 12.4. The molecule has 2 rings (SSSR count). The normalized spacial score (nSPS) is 10.3. The van der Waals surface area contributed by atoms with E-state index >= 15 is 0 Å². The van der Waals surface area contributed by atoms with E-state index in [4.69, 9.17) is 9.15 Å². The summed E-state index contributed by atoms with van der Waals surface area (Å²) >= 11 is 0. The number of nitrogens with zero attached hydrogens (tertiary/aromatic N) is 1. The van der Waals surface area contributed by atoms with Gasteiger partial charge in [0, 0.05) is 18.9 Å². The summed E-state index contributed by atoms with van der Waals surface area (Å²) in [5.41, 5.74) is 1.77. The fraction of sp³-hybridized carbons (Fsp3) is 0.286. The zero-order valence-corrected chi connectivity index (χ0v) is 10.5. The summed E-state index contributed by atoms with van der Waals surface area (Å²) in [6.07, 6.45) is 0.571. The Balaban J connectivity index is 2.10. The highest BCUT2D eigenvalue weighted by Gasteiger charge is 2.11. The van der Waals surface area contributed by atoms with Crippen LogP contribution in [0.5, 0.6) is 0 Å². The smallest absolute Gasteiger partial charge is 0.302 e. The Labute approximate surface area is 106 Å². The quantitative estimate of drug-likeness (QED) is 0.777. The molecule has 0 saturated carbocycles. The molecule has 0 fully saturated rings. The summed E-state index contributed by atoms with van der Waals surface area (Å²) in [4.78, 5) is 15.1. The number of aromatic nitrogens is 1. The highest BCUT2D eigenvalue weighted by Crippen LogP contribution is 2.21. The Morgan fingerprint density at radius 1 is 1.33 bits per heavy atom. The monoisotopic (exact) mass is 245 g/mol. The number of hydrogen-bond donors (Lipinski definition) is 0. The molecule has 0 aliphatic rings. The van der Waals surface area contributed by atoms with E-state index in [9.17, 15) is 4.79 Å². The number of carbonyl (C=O) groups is 1. The van der Waals surface area contributed by atoms with E-state index < -0.39 is 0 Å². The van der Waals surface area contributed by atoms with E-state index in [0.29, 0.717) is 18.9 Å². The second kappa shape index (κ2) is 5.49. The van der Waals surface area contributed by atoms with Crippen molar-refractivity contribution in [3.63, 3.8) is 0 Å². The Bertz CT molecular complexity index is 531. The minimum Gasteiger partial charge on any atom is -0.465 e. The molecular weight excluding hydrogens is 230 g/mol. The predicted molar refractivity (Wildman–Crippen MR) is 67.0 cm³/mol. The van der Waals surface area contributed by atoms with E-state index in [1.54, 1.807) is 0 Å². The lowest BCUT2D eigenvalue weighted by atomic mass is 10.2. The number of aryl methyl sites for hydroxylation is 1. The third-order valence-electron chi connectivity index (χ3n) is 2.56. The fourth-order valence-corrected chi connectivity index (χ4v) is 1.66. The molecule has 1 aromatic heterocycles. The molecule has 0 amide bonds. The molecule has 18 heavy (non-hydrogen) atoms. The number of hydrogen-bond acceptors (Lipinski definition) is 4. The number of benzene rings is 1. The van der Waals surface area contributed by atoms with Gasteiger partial charge < -0.3 is 9.15 Å². The first-order valence-corrected chi connectivity index (χ1v) is 5.82. The number of ether oxygens (including phenoxy) is 1. The summed E-state index contributed by atoms with van der Waals surface area (Å²) in [6.45, 7) is 3.59. The zero-order valence-electron chi connectivity index (χ0n) is 10.5. The van der Waals surface area contributed by atoms with Gasteiger partial charge in [-0.3, -0.25) is 4.79 Å². The molecule has 94 valence electrons. The van der Waals surface area contributed by atoms with E-state index in [0.717, 1.165) is 17.0 Å². The molecular formula is C14H15NO3. The van der Waals surface area contributed by atoms with Gasteiger partial charge in [-0.2, -0.15) is 0 Å². The lowest BCUT2D eigenvalue weighted by Gasteiger charge is -1.98. The van der Waals surface area contributed by atoms with Gasteiger partial charge in [0.1, 0.15) is 5.76 Å². The molecule has 0 N–H and O–H groups in total. The maximum absolute atomic E-state index is 10.7. The maximum Gasteiger partial charge on any atom is 0.302 e. The van der Waals surface area contributed by atoms with Crippen molar-refractivity contribution in [2.75, 3.05) is 6.61 Å². The van der Waals surface area contributed by atoms with Crippen molar-refractivity contribution >= 4 is 5.97 Å². The van der Waals surface area contributed by atoms with Crippen LogP contribution in [0.15, 0.2) is 34.7 Å². The third kappa shape index (κ3) is 2.97. The van der Waals surface area contributed by atoms with Gasteiger partial charge in [0.25, 0.3) is 0 Å². The second-order valence-electron chi connectivity index (χ2n) is 3.98. The number of esters is 1. The molecule has 0 radical (unpaired) electrons. The third-order valence-corrected chi connectivity index (χ3v) is 2.56. The Kier molecular flexibility index (Phi) is 3.77. The molecule has 0 spiro atoms. The van der Waals surface area contributed by atoms with Crippen LogP contribution in [0.3, 0.4) is 0 Å². The van der Waals surface area contributed by atoms with Gasteiger partial charge in [-0.25, -0.2) is 4.98 Å². The van der Waals surface area contributed by atoms with Crippen LogP contribution in [0, 0.1) is 6.92 Å². The fourth-order valence-electron chi connectivity index (χ4n) is 1.66. The number of oxazole rings is 1. The van der Waals surface area contributed by atoms with Gasteiger partial charge in [0.2, 0.25) is 5.89 Å². The van der Waals surface area contributed by atoms with Crippen LogP contribution in [-0.2, 0) is 16.0 Å². The molecule has 0 bridgehead atoms. The molecule has 0 unspecified atom stereocenters. The number of carbonyl (C=O) groups excluding carboxylic acids is 1. The molecule has 4 heteroatoms. The average Bonchev–Trinajstić information content (AvgIpc) is 2.72. The molecule has 1 aromatic carbocycles. The highest BCUT2D eigenvalue weighted by atomic mass is 16.5. The van der Waals surface area contributed by atoms with Crippen molar-refractivity contribution in [3.8, 4) is 11.5 Å². The summed E-state index contributed by atoms with van der Waals surface area (Å²) in [7, 11) is 0. The van der Waals surface area contributed by atoms with Crippen molar-refractivity contribution in [2.45, 2.75) is 20.3 Å². The van der Waals surface area contributed by atoms with Crippen LogP contribution in [0.2, 0.25) is 0 Å². The molecule has 0 saturated heterocycles. The van der Waals surface area contributed by atoms with E-state index in [1.165, 1.54) is 6.92 Å². The molecule has 0 atom stereocenters. The van der Waals surface area contributed by atoms with Gasteiger partial charge in [0.05, 0.1) is 12.3 Å². The van der Waals surface area contributed by atoms with Crippen LogP contribution < -0.4 is 0 Å². The minimum absolute atomic E-state index is 0.278. The number of rotatable bonds is 4. The molecule has 4 nitrogen and oxygen atoms in total. The van der Waals surface area contributed by atoms with Gasteiger partial charge in [-0.1, -0.05) is 18.2 Å². The van der Waals surface area contributed by atoms with Crippen molar-refractivity contribution in [2.24, 2.45) is 0 Å². The zero-order chi connectivity index (χ0) is 13.0. The molecule has 2 aromatic rings. The van der Waals surface area contributed by atoms with Crippen LogP contribution in [-0.4, -0.2) is 17.6 Å². The predicted octanol–water partition coefficient (Wildman–Crippen LogP) is 2.76. The molecule has 0 aliphatic carbocycles. The van der Waals surface area contributed by atoms with Crippen LogP contribution >= 0.6 is 0 Å². The standard InChI is InChI=1S/C14H15NO3/c1-10-13(8-9-17-11(2)16)15-14(18-10)12-6-4-3-5-7-12/h3-7H,8-9H2,1-2H3. The first-order valence-electron chi connectivity index (χ1n) is 5.82. The lowest BCUT2D eigenvalue weighted by Crippen LogP contribution is -2.04. The summed E-state index contributed by atoms with van der Waals surface area (Å²) < 4.78 is 10.5. The largest absolute Gasteiger partial charge is 0.465 e.